The number of carbonyl (C=O) groups excluding carboxylic acids is 1. The highest BCUT2D eigenvalue weighted by Crippen LogP contribution is 2.15. The normalized spacial score (nSPS) is 12.1. The minimum Gasteiger partial charge on any atom is -0.298 e. The Bertz CT molecular complexity index is 403. The molecule has 0 aliphatic heterocycles. The Morgan fingerprint density at radius 3 is 2.50 bits per heavy atom. The zero-order valence-electron chi connectivity index (χ0n) is 11.2. The van der Waals surface area contributed by atoms with Crippen molar-refractivity contribution < 1.29 is 4.79 Å². The molecule has 1 aromatic carbocycles. The Hall–Kier alpha value is -1.62. The molecule has 0 bridgehead atoms. The lowest BCUT2D eigenvalue weighted by molar-refractivity contribution is -0.121. The average Bonchev–Trinajstić information content (AvgIpc) is 2.36. The van der Waals surface area contributed by atoms with Crippen LogP contribution in [0.15, 0.2) is 30.3 Å². The van der Waals surface area contributed by atoms with Crippen molar-refractivity contribution in [2.75, 3.05) is 0 Å². The van der Waals surface area contributed by atoms with E-state index < -0.39 is 5.92 Å². The van der Waals surface area contributed by atoms with E-state index in [1.54, 1.807) is 0 Å². The summed E-state index contributed by atoms with van der Waals surface area (Å²) in [4.78, 5) is 11.9. The van der Waals surface area contributed by atoms with Crippen LogP contribution in [0, 0.1) is 23.2 Å². The number of rotatable bonds is 7. The Morgan fingerprint density at radius 1 is 1.28 bits per heavy atom. The van der Waals surface area contributed by atoms with Crippen LogP contribution in [0.2, 0.25) is 0 Å². The van der Waals surface area contributed by atoms with Crippen molar-refractivity contribution in [2.24, 2.45) is 11.8 Å². The molecule has 0 saturated heterocycles. The van der Waals surface area contributed by atoms with E-state index in [1.165, 1.54) is 5.56 Å². The van der Waals surface area contributed by atoms with E-state index in [2.05, 4.69) is 18.2 Å². The molecule has 0 heterocycles. The molecule has 0 spiro atoms. The first kappa shape index (κ1) is 14.4. The number of Topliss-reactive ketones (excluding diaryl/α,β-unsaturated/α-hetero) is 1. The molecule has 1 atom stereocenters. The second kappa shape index (κ2) is 7.66. The van der Waals surface area contributed by atoms with Crippen LogP contribution in [0.4, 0.5) is 0 Å². The molecule has 0 aliphatic rings. The van der Waals surface area contributed by atoms with Gasteiger partial charge in [-0.25, -0.2) is 0 Å². The van der Waals surface area contributed by atoms with Gasteiger partial charge in [-0.2, -0.15) is 5.26 Å². The highest BCUT2D eigenvalue weighted by Gasteiger charge is 2.18. The van der Waals surface area contributed by atoms with Gasteiger partial charge in [0.1, 0.15) is 11.7 Å². The van der Waals surface area contributed by atoms with Gasteiger partial charge in [-0.1, -0.05) is 44.2 Å². The van der Waals surface area contributed by atoms with Gasteiger partial charge in [-0.3, -0.25) is 4.79 Å². The van der Waals surface area contributed by atoms with Crippen LogP contribution in [0.1, 0.15) is 38.7 Å². The second-order valence-corrected chi connectivity index (χ2v) is 5.12. The van der Waals surface area contributed by atoms with Crippen molar-refractivity contribution in [3.8, 4) is 6.07 Å². The summed E-state index contributed by atoms with van der Waals surface area (Å²) in [7, 11) is 0. The van der Waals surface area contributed by atoms with Gasteiger partial charge >= 0.3 is 0 Å². The highest BCUT2D eigenvalue weighted by molar-refractivity contribution is 5.83. The summed E-state index contributed by atoms with van der Waals surface area (Å²) in [6, 6.07) is 12.3. The smallest absolute Gasteiger partial charge is 0.150 e. The summed E-state index contributed by atoms with van der Waals surface area (Å²) in [5, 5.41) is 8.99. The zero-order chi connectivity index (χ0) is 13.4. The third kappa shape index (κ3) is 5.14. The topological polar surface area (TPSA) is 40.9 Å². The first-order valence-electron chi connectivity index (χ1n) is 6.59. The molecule has 2 nitrogen and oxygen atoms in total. The molecular weight excluding hydrogens is 222 g/mol. The van der Waals surface area contributed by atoms with E-state index in [-0.39, 0.29) is 5.78 Å². The maximum Gasteiger partial charge on any atom is 0.150 e. The molecule has 1 aromatic rings. The van der Waals surface area contributed by atoms with Crippen molar-refractivity contribution in [3.05, 3.63) is 35.9 Å². The van der Waals surface area contributed by atoms with E-state index in [4.69, 9.17) is 5.26 Å². The predicted molar refractivity (Wildman–Crippen MR) is 72.9 cm³/mol. The molecule has 18 heavy (non-hydrogen) atoms. The Kier molecular flexibility index (Phi) is 6.14. The fourth-order valence-corrected chi connectivity index (χ4v) is 2.01. The number of nitrogens with zero attached hydrogens (tertiary/aromatic N) is 1. The summed E-state index contributed by atoms with van der Waals surface area (Å²) in [6.45, 7) is 4.09. The number of aryl methyl sites for hydroxylation is 1. The van der Waals surface area contributed by atoms with Gasteiger partial charge in [0.15, 0.2) is 0 Å². The Labute approximate surface area is 110 Å². The maximum absolute atomic E-state index is 11.9. The maximum atomic E-state index is 11.9. The van der Waals surface area contributed by atoms with Gasteiger partial charge in [-0.15, -0.1) is 0 Å². The summed E-state index contributed by atoms with van der Waals surface area (Å²) in [6.07, 6.45) is 2.94. The zero-order valence-corrected chi connectivity index (χ0v) is 11.2. The minimum absolute atomic E-state index is 0.0992. The summed E-state index contributed by atoms with van der Waals surface area (Å²) in [5.41, 5.74) is 1.25. The standard InChI is InChI=1S/C16H21NO/c1-13(2)11-15(12-17)16(18)10-6-9-14-7-4-3-5-8-14/h3-5,7-8,13,15H,6,9-11H2,1-2H3. The molecule has 0 aromatic heterocycles. The SMILES string of the molecule is CC(C)CC(C#N)C(=O)CCCc1ccccc1. The van der Waals surface area contributed by atoms with Gasteiger partial charge in [0.25, 0.3) is 0 Å². The van der Waals surface area contributed by atoms with Crippen LogP contribution >= 0.6 is 0 Å². The average molecular weight is 243 g/mol. The van der Waals surface area contributed by atoms with E-state index in [0.29, 0.717) is 18.8 Å². The van der Waals surface area contributed by atoms with E-state index in [0.717, 1.165) is 12.8 Å². The summed E-state index contributed by atoms with van der Waals surface area (Å²) < 4.78 is 0. The van der Waals surface area contributed by atoms with Crippen LogP contribution < -0.4 is 0 Å². The van der Waals surface area contributed by atoms with E-state index in [1.807, 2.05) is 32.0 Å². The lowest BCUT2D eigenvalue weighted by Crippen LogP contribution is -2.15. The fourth-order valence-electron chi connectivity index (χ4n) is 2.01. The molecule has 0 amide bonds. The van der Waals surface area contributed by atoms with Crippen LogP contribution in [-0.2, 0) is 11.2 Å². The summed E-state index contributed by atoms with van der Waals surface area (Å²) in [5.74, 6) is 0.0793. The predicted octanol–water partition coefficient (Wildman–Crippen LogP) is 3.76. The molecule has 1 rings (SSSR count). The fraction of sp³-hybridized carbons (Fsp3) is 0.500. The molecule has 1 unspecified atom stereocenters. The molecule has 96 valence electrons. The molecule has 2 heteroatoms. The van der Waals surface area contributed by atoms with Crippen LogP contribution in [0.5, 0.6) is 0 Å². The van der Waals surface area contributed by atoms with Crippen molar-refractivity contribution in [3.63, 3.8) is 0 Å². The van der Waals surface area contributed by atoms with Gasteiger partial charge in [-0.05, 0) is 30.7 Å². The molecule has 0 saturated carbocycles. The highest BCUT2D eigenvalue weighted by atomic mass is 16.1. The van der Waals surface area contributed by atoms with Gasteiger partial charge in [0.2, 0.25) is 0 Å². The van der Waals surface area contributed by atoms with Crippen LogP contribution in [0.3, 0.4) is 0 Å². The van der Waals surface area contributed by atoms with Crippen molar-refractivity contribution >= 4 is 5.78 Å². The first-order chi connectivity index (χ1) is 8.63. The molecular formula is C16H21NO. The van der Waals surface area contributed by atoms with E-state index in [9.17, 15) is 4.79 Å². The van der Waals surface area contributed by atoms with Crippen LogP contribution in [0.25, 0.3) is 0 Å². The number of nitriles is 1. The number of carbonyl (C=O) groups is 1. The molecule has 0 N–H and O–H groups in total. The Balaban J connectivity index is 2.34. The summed E-state index contributed by atoms with van der Waals surface area (Å²) >= 11 is 0. The minimum atomic E-state index is -0.416. The lowest BCUT2D eigenvalue weighted by atomic mass is 9.91. The molecule has 0 radical (unpaired) electrons. The van der Waals surface area contributed by atoms with Gasteiger partial charge in [0.05, 0.1) is 6.07 Å². The van der Waals surface area contributed by atoms with Crippen molar-refractivity contribution in [2.45, 2.75) is 39.5 Å². The number of hydrogen-bond donors (Lipinski definition) is 0. The Morgan fingerprint density at radius 2 is 1.94 bits per heavy atom. The molecule has 0 aliphatic carbocycles. The second-order valence-electron chi connectivity index (χ2n) is 5.12. The quantitative estimate of drug-likeness (QED) is 0.731. The third-order valence-electron chi connectivity index (χ3n) is 2.98. The van der Waals surface area contributed by atoms with Gasteiger partial charge < -0.3 is 0 Å². The number of hydrogen-bond acceptors (Lipinski definition) is 2. The van der Waals surface area contributed by atoms with Gasteiger partial charge in [0, 0.05) is 6.42 Å². The van der Waals surface area contributed by atoms with Crippen LogP contribution in [-0.4, -0.2) is 5.78 Å². The first-order valence-corrected chi connectivity index (χ1v) is 6.59. The van der Waals surface area contributed by atoms with Crippen molar-refractivity contribution in [1.82, 2.24) is 0 Å². The third-order valence-corrected chi connectivity index (χ3v) is 2.98. The largest absolute Gasteiger partial charge is 0.298 e. The number of benzene rings is 1. The monoisotopic (exact) mass is 243 g/mol. The number of ketones is 1. The van der Waals surface area contributed by atoms with E-state index >= 15 is 0 Å². The lowest BCUT2D eigenvalue weighted by Gasteiger charge is -2.10. The van der Waals surface area contributed by atoms with Crippen molar-refractivity contribution in [1.29, 1.82) is 5.26 Å². The molecule has 0 fully saturated rings.